The summed E-state index contributed by atoms with van der Waals surface area (Å²) in [6.45, 7) is 1.20. The van der Waals surface area contributed by atoms with E-state index < -0.39 is 5.44 Å². The summed E-state index contributed by atoms with van der Waals surface area (Å²) in [4.78, 5) is 42.3. The van der Waals surface area contributed by atoms with Gasteiger partial charge >= 0.3 is 0 Å². The lowest BCUT2D eigenvalue weighted by Crippen LogP contribution is -2.46. The normalized spacial score (nSPS) is 19.1. The van der Waals surface area contributed by atoms with Crippen LogP contribution in [0.5, 0.6) is 0 Å². The largest absolute Gasteiger partial charge is 0.356 e. The first-order valence-corrected chi connectivity index (χ1v) is 10.2. The first kappa shape index (κ1) is 19.5. The van der Waals surface area contributed by atoms with Gasteiger partial charge in [-0.05, 0) is 29.5 Å². The fraction of sp³-hybridized carbons (Fsp3) is 0.286. The monoisotopic (exact) mass is 411 g/mol. The van der Waals surface area contributed by atoms with Crippen LogP contribution in [0, 0.1) is 0 Å². The van der Waals surface area contributed by atoms with Gasteiger partial charge in [-0.2, -0.15) is 0 Å². The second-order valence-electron chi connectivity index (χ2n) is 6.92. The highest BCUT2D eigenvalue weighted by Crippen LogP contribution is 2.30. The van der Waals surface area contributed by atoms with Crippen LogP contribution in [0.25, 0.3) is 0 Å². The quantitative estimate of drug-likeness (QED) is 0.728. The highest BCUT2D eigenvalue weighted by molar-refractivity contribution is 8.15. The van der Waals surface area contributed by atoms with E-state index in [4.69, 9.17) is 4.74 Å². The molecule has 29 heavy (non-hydrogen) atoms. The zero-order valence-electron chi connectivity index (χ0n) is 16.0. The lowest BCUT2D eigenvalue weighted by Gasteiger charge is -2.35. The number of imide groups is 1. The van der Waals surface area contributed by atoms with E-state index in [0.29, 0.717) is 18.8 Å². The van der Waals surface area contributed by atoms with Gasteiger partial charge in [0.05, 0.1) is 31.1 Å². The van der Waals surface area contributed by atoms with E-state index in [2.05, 4.69) is 0 Å². The summed E-state index contributed by atoms with van der Waals surface area (Å²) >= 11 is 0.879. The lowest BCUT2D eigenvalue weighted by molar-refractivity contribution is -0.134. The van der Waals surface area contributed by atoms with Crippen molar-refractivity contribution >= 4 is 34.5 Å². The van der Waals surface area contributed by atoms with Gasteiger partial charge in [0.1, 0.15) is 0 Å². The summed E-state index contributed by atoms with van der Waals surface area (Å²) < 4.78 is 5.67. The molecule has 0 N–H and O–H groups in total. The standard InChI is InChI=1S/C21H21N3O4S/c1-22-14-23(18(25)16-9-5-6-10-17(16)22)11-12-28-20-19(26)24(21(27)29-20)13-15-7-3-2-4-8-15/h2-10,20H,11-14H2,1H3. The lowest BCUT2D eigenvalue weighted by atomic mass is 10.1. The highest BCUT2D eigenvalue weighted by Gasteiger charge is 2.40. The Morgan fingerprint density at radius 3 is 2.55 bits per heavy atom. The van der Waals surface area contributed by atoms with Gasteiger partial charge in [0.15, 0.2) is 5.44 Å². The Balaban J connectivity index is 1.33. The molecule has 3 amide bonds. The van der Waals surface area contributed by atoms with Crippen molar-refractivity contribution < 1.29 is 19.1 Å². The highest BCUT2D eigenvalue weighted by atomic mass is 32.2. The van der Waals surface area contributed by atoms with Gasteiger partial charge in [-0.15, -0.1) is 0 Å². The summed E-state index contributed by atoms with van der Waals surface area (Å²) in [7, 11) is 1.93. The summed E-state index contributed by atoms with van der Waals surface area (Å²) in [6.07, 6.45) is 0. The maximum atomic E-state index is 12.7. The minimum Gasteiger partial charge on any atom is -0.356 e. The van der Waals surface area contributed by atoms with Gasteiger partial charge in [0, 0.05) is 13.6 Å². The second-order valence-corrected chi connectivity index (χ2v) is 7.93. The number of ether oxygens (including phenoxy) is 1. The molecule has 2 aromatic rings. The van der Waals surface area contributed by atoms with Crippen molar-refractivity contribution in [2.75, 3.05) is 31.8 Å². The molecule has 0 aromatic heterocycles. The molecule has 0 aliphatic carbocycles. The van der Waals surface area contributed by atoms with Crippen LogP contribution in [0.4, 0.5) is 10.5 Å². The Morgan fingerprint density at radius 1 is 1.03 bits per heavy atom. The number of anilines is 1. The van der Waals surface area contributed by atoms with Gasteiger partial charge in [0.25, 0.3) is 17.1 Å². The molecule has 0 saturated carbocycles. The Morgan fingerprint density at radius 2 is 1.76 bits per heavy atom. The molecular formula is C21H21N3O4S. The molecular weight excluding hydrogens is 390 g/mol. The van der Waals surface area contributed by atoms with Crippen LogP contribution in [0.2, 0.25) is 0 Å². The molecule has 8 heteroatoms. The third kappa shape index (κ3) is 3.99. The first-order chi connectivity index (χ1) is 14.0. The predicted molar refractivity (Wildman–Crippen MR) is 110 cm³/mol. The molecule has 0 bridgehead atoms. The van der Waals surface area contributed by atoms with E-state index in [1.807, 2.05) is 60.5 Å². The zero-order valence-corrected chi connectivity index (χ0v) is 16.8. The Hall–Kier alpha value is -2.84. The van der Waals surface area contributed by atoms with Crippen LogP contribution in [0.15, 0.2) is 54.6 Å². The van der Waals surface area contributed by atoms with Crippen molar-refractivity contribution in [1.82, 2.24) is 9.80 Å². The van der Waals surface area contributed by atoms with Gasteiger partial charge in [0.2, 0.25) is 0 Å². The molecule has 1 fully saturated rings. The molecule has 0 radical (unpaired) electrons. The van der Waals surface area contributed by atoms with E-state index >= 15 is 0 Å². The molecule has 1 saturated heterocycles. The van der Waals surface area contributed by atoms with Gasteiger partial charge in [-0.1, -0.05) is 42.5 Å². The molecule has 2 aliphatic heterocycles. The fourth-order valence-electron chi connectivity index (χ4n) is 3.43. The number of carbonyl (C=O) groups is 3. The number of hydrogen-bond acceptors (Lipinski definition) is 6. The first-order valence-electron chi connectivity index (χ1n) is 9.31. The van der Waals surface area contributed by atoms with E-state index in [9.17, 15) is 14.4 Å². The summed E-state index contributed by atoms with van der Waals surface area (Å²) in [5.41, 5.74) is 1.57. The smallest absolute Gasteiger partial charge is 0.291 e. The third-order valence-electron chi connectivity index (χ3n) is 4.93. The molecule has 1 atom stereocenters. The predicted octanol–water partition coefficient (Wildman–Crippen LogP) is 2.77. The summed E-state index contributed by atoms with van der Waals surface area (Å²) in [6, 6.07) is 16.8. The number of carbonyl (C=O) groups excluding carboxylic acids is 3. The minimum absolute atomic E-state index is 0.0607. The topological polar surface area (TPSA) is 70.2 Å². The van der Waals surface area contributed by atoms with Crippen LogP contribution in [0.1, 0.15) is 15.9 Å². The number of fused-ring (bicyclic) bond motifs is 1. The van der Waals surface area contributed by atoms with Crippen molar-refractivity contribution in [2.45, 2.75) is 12.0 Å². The van der Waals surface area contributed by atoms with Gasteiger partial charge in [-0.3, -0.25) is 19.3 Å². The Bertz CT molecular complexity index is 937. The van der Waals surface area contributed by atoms with Crippen molar-refractivity contribution in [2.24, 2.45) is 0 Å². The maximum absolute atomic E-state index is 12.7. The number of thioether (sulfide) groups is 1. The number of amides is 3. The molecule has 150 valence electrons. The molecule has 2 aromatic carbocycles. The van der Waals surface area contributed by atoms with Crippen LogP contribution < -0.4 is 4.90 Å². The van der Waals surface area contributed by atoms with Gasteiger partial charge in [-0.25, -0.2) is 0 Å². The van der Waals surface area contributed by atoms with Crippen LogP contribution >= 0.6 is 11.8 Å². The van der Waals surface area contributed by atoms with Crippen molar-refractivity contribution in [3.05, 3.63) is 65.7 Å². The zero-order chi connectivity index (χ0) is 20.4. The summed E-state index contributed by atoms with van der Waals surface area (Å²) in [5, 5.41) is -0.313. The number of rotatable bonds is 6. The number of nitrogens with zero attached hydrogens (tertiary/aromatic N) is 3. The maximum Gasteiger partial charge on any atom is 0.291 e. The minimum atomic E-state index is -0.865. The second kappa shape index (κ2) is 8.26. The van der Waals surface area contributed by atoms with E-state index in [1.54, 1.807) is 11.0 Å². The Labute approximate surface area is 173 Å². The van der Waals surface area contributed by atoms with E-state index in [0.717, 1.165) is 23.0 Å². The molecule has 7 nitrogen and oxygen atoms in total. The Kier molecular flexibility index (Phi) is 5.55. The molecule has 0 spiro atoms. The van der Waals surface area contributed by atoms with Crippen LogP contribution in [-0.2, 0) is 16.1 Å². The van der Waals surface area contributed by atoms with E-state index in [1.165, 1.54) is 4.90 Å². The molecule has 1 unspecified atom stereocenters. The molecule has 2 aliphatic rings. The van der Waals surface area contributed by atoms with Crippen LogP contribution in [-0.4, -0.2) is 59.2 Å². The van der Waals surface area contributed by atoms with Crippen molar-refractivity contribution in [3.63, 3.8) is 0 Å². The van der Waals surface area contributed by atoms with Crippen LogP contribution in [0.3, 0.4) is 0 Å². The molecule has 4 rings (SSSR count). The SMILES string of the molecule is CN1CN(CCOC2SC(=O)N(Cc3ccccc3)C2=O)C(=O)c2ccccc21. The van der Waals surface area contributed by atoms with E-state index in [-0.39, 0.29) is 30.2 Å². The van der Waals surface area contributed by atoms with Crippen molar-refractivity contribution in [1.29, 1.82) is 0 Å². The average Bonchev–Trinajstić information content (AvgIpc) is 3.00. The average molecular weight is 411 g/mol. The summed E-state index contributed by atoms with van der Waals surface area (Å²) in [5.74, 6) is -0.411. The number of benzene rings is 2. The van der Waals surface area contributed by atoms with Gasteiger partial charge < -0.3 is 14.5 Å². The number of para-hydroxylation sites is 1. The molecule has 2 heterocycles. The number of hydrogen-bond donors (Lipinski definition) is 0. The van der Waals surface area contributed by atoms with Crippen molar-refractivity contribution in [3.8, 4) is 0 Å². The fourth-order valence-corrected chi connectivity index (χ4v) is 4.29. The third-order valence-corrected chi connectivity index (χ3v) is 5.90.